The molecule has 3 aromatic heterocycles. The fraction of sp³-hybridized carbons (Fsp3) is 0.379. The highest BCUT2D eigenvalue weighted by molar-refractivity contribution is 5.98. The number of nitrogens with one attached hydrogen (secondary N) is 2. The smallest absolute Gasteiger partial charge is 0.270 e. The van der Waals surface area contributed by atoms with Crippen LogP contribution in [0.5, 0.6) is 0 Å². The average Bonchev–Trinajstić information content (AvgIpc) is 3.39. The van der Waals surface area contributed by atoms with Crippen molar-refractivity contribution < 1.29 is 4.79 Å². The minimum Gasteiger partial charge on any atom is -0.351 e. The van der Waals surface area contributed by atoms with Gasteiger partial charge in [0, 0.05) is 61.7 Å². The van der Waals surface area contributed by atoms with E-state index in [-0.39, 0.29) is 5.91 Å². The first kappa shape index (κ1) is 24.5. The number of piperidine rings is 1. The molecule has 2 fully saturated rings. The number of aromatic nitrogens is 4. The van der Waals surface area contributed by atoms with Gasteiger partial charge in [0.2, 0.25) is 5.95 Å². The molecule has 0 aliphatic carbocycles. The van der Waals surface area contributed by atoms with Crippen LogP contribution in [-0.4, -0.2) is 93.4 Å². The van der Waals surface area contributed by atoms with Crippen LogP contribution in [-0.2, 0) is 0 Å². The van der Waals surface area contributed by atoms with E-state index in [0.717, 1.165) is 66.6 Å². The van der Waals surface area contributed by atoms with E-state index in [1.165, 1.54) is 25.9 Å². The summed E-state index contributed by atoms with van der Waals surface area (Å²) in [5, 5.41) is 4.25. The molecule has 38 heavy (non-hydrogen) atoms. The Hall–Kier alpha value is -3.82. The average molecular weight is 511 g/mol. The highest BCUT2D eigenvalue weighted by atomic mass is 16.2. The van der Waals surface area contributed by atoms with Crippen molar-refractivity contribution in [1.82, 2.24) is 34.6 Å². The largest absolute Gasteiger partial charge is 0.351 e. The molecule has 2 aliphatic heterocycles. The third kappa shape index (κ3) is 5.54. The first-order chi connectivity index (χ1) is 18.6. The highest BCUT2D eigenvalue weighted by Gasteiger charge is 2.26. The van der Waals surface area contributed by atoms with Crippen molar-refractivity contribution in [2.75, 3.05) is 58.2 Å². The molecule has 5 heterocycles. The van der Waals surface area contributed by atoms with Crippen LogP contribution in [0.1, 0.15) is 23.3 Å². The van der Waals surface area contributed by atoms with E-state index in [4.69, 9.17) is 0 Å². The summed E-state index contributed by atoms with van der Waals surface area (Å²) in [7, 11) is 2.21. The zero-order valence-electron chi connectivity index (χ0n) is 21.8. The summed E-state index contributed by atoms with van der Waals surface area (Å²) in [5.41, 5.74) is 3.98. The molecule has 9 nitrogen and oxygen atoms in total. The van der Waals surface area contributed by atoms with Gasteiger partial charge in [-0.1, -0.05) is 6.07 Å². The summed E-state index contributed by atoms with van der Waals surface area (Å²) in [5.74, 6) is 1.35. The van der Waals surface area contributed by atoms with Gasteiger partial charge < -0.3 is 20.1 Å². The number of anilines is 2. The minimum absolute atomic E-state index is 0.0704. The molecule has 0 unspecified atom stereocenters. The standard InChI is InChI=1S/C29H34N8O/c1-35-12-8-21(9-13-35)20-36-14-16-37(17-15-36)28(38)27-19-22-18-23(5-6-24(22)33-27)32-29-31-11-7-26(34-29)25-4-2-3-10-30-25/h2-7,10-11,18-19,21,33H,8-9,12-17,20H2,1H3,(H,31,32,34). The Morgan fingerprint density at radius 2 is 1.79 bits per heavy atom. The van der Waals surface area contributed by atoms with Gasteiger partial charge in [-0.15, -0.1) is 0 Å². The summed E-state index contributed by atoms with van der Waals surface area (Å²) in [6.45, 7) is 7.01. The Bertz CT molecular complexity index is 1390. The maximum absolute atomic E-state index is 13.3. The van der Waals surface area contributed by atoms with Crippen LogP contribution in [0.3, 0.4) is 0 Å². The van der Waals surface area contributed by atoms with Crippen LogP contribution in [0, 0.1) is 5.92 Å². The van der Waals surface area contributed by atoms with Crippen molar-refractivity contribution in [3.63, 3.8) is 0 Å². The number of nitrogens with zero attached hydrogens (tertiary/aromatic N) is 6. The molecule has 0 atom stereocenters. The van der Waals surface area contributed by atoms with Gasteiger partial charge in [-0.05, 0) is 81.4 Å². The van der Waals surface area contributed by atoms with Crippen molar-refractivity contribution >= 4 is 28.4 Å². The van der Waals surface area contributed by atoms with Crippen molar-refractivity contribution in [3.8, 4) is 11.4 Å². The van der Waals surface area contributed by atoms with Crippen LogP contribution in [0.15, 0.2) is 60.9 Å². The van der Waals surface area contributed by atoms with Crippen LogP contribution in [0.4, 0.5) is 11.6 Å². The van der Waals surface area contributed by atoms with Crippen molar-refractivity contribution in [2.45, 2.75) is 12.8 Å². The second-order valence-electron chi connectivity index (χ2n) is 10.4. The Labute approximate surface area is 222 Å². The molecule has 6 rings (SSSR count). The third-order valence-electron chi connectivity index (χ3n) is 7.70. The van der Waals surface area contributed by atoms with Crippen LogP contribution >= 0.6 is 0 Å². The fourth-order valence-electron chi connectivity index (χ4n) is 5.44. The number of amides is 1. The summed E-state index contributed by atoms with van der Waals surface area (Å²) in [6.07, 6.45) is 6.03. The number of fused-ring (bicyclic) bond motifs is 1. The van der Waals surface area contributed by atoms with Crippen LogP contribution in [0.2, 0.25) is 0 Å². The van der Waals surface area contributed by atoms with Crippen molar-refractivity contribution in [3.05, 3.63) is 66.6 Å². The van der Waals surface area contributed by atoms with Gasteiger partial charge >= 0.3 is 0 Å². The molecule has 9 heteroatoms. The first-order valence-electron chi connectivity index (χ1n) is 13.5. The number of carbonyl (C=O) groups is 1. The van der Waals surface area contributed by atoms with Gasteiger partial charge in [-0.2, -0.15) is 0 Å². The van der Waals surface area contributed by atoms with Crippen molar-refractivity contribution in [1.29, 1.82) is 0 Å². The predicted molar refractivity (Wildman–Crippen MR) is 149 cm³/mol. The normalized spacial score (nSPS) is 17.7. The molecular weight excluding hydrogens is 476 g/mol. The molecule has 1 aromatic carbocycles. The number of carbonyl (C=O) groups excluding carboxylic acids is 1. The molecule has 0 saturated carbocycles. The summed E-state index contributed by atoms with van der Waals surface area (Å²) >= 11 is 0. The molecule has 196 valence electrons. The SMILES string of the molecule is CN1CCC(CN2CCN(C(=O)c3cc4cc(Nc5nccc(-c6ccccn6)n5)ccc4[nH]3)CC2)CC1. The molecule has 4 aromatic rings. The Morgan fingerprint density at radius 3 is 2.58 bits per heavy atom. The van der Waals surface area contributed by atoms with Crippen molar-refractivity contribution in [2.24, 2.45) is 5.92 Å². The second-order valence-corrected chi connectivity index (χ2v) is 10.4. The number of aromatic amines is 1. The quantitative estimate of drug-likeness (QED) is 0.407. The lowest BCUT2D eigenvalue weighted by molar-refractivity contribution is 0.0589. The van der Waals surface area contributed by atoms with E-state index < -0.39 is 0 Å². The number of rotatable bonds is 6. The van der Waals surface area contributed by atoms with E-state index in [9.17, 15) is 4.79 Å². The highest BCUT2D eigenvalue weighted by Crippen LogP contribution is 2.24. The zero-order chi connectivity index (χ0) is 25.9. The number of pyridine rings is 1. The monoisotopic (exact) mass is 510 g/mol. The molecule has 0 radical (unpaired) electrons. The van der Waals surface area contributed by atoms with E-state index in [0.29, 0.717) is 11.6 Å². The lowest BCUT2D eigenvalue weighted by Gasteiger charge is -2.38. The lowest BCUT2D eigenvalue weighted by atomic mass is 9.96. The molecule has 2 aliphatic rings. The first-order valence-corrected chi connectivity index (χ1v) is 13.5. The van der Waals surface area contributed by atoms with E-state index in [1.54, 1.807) is 12.4 Å². The molecular formula is C29H34N8O. The maximum Gasteiger partial charge on any atom is 0.270 e. The lowest BCUT2D eigenvalue weighted by Crippen LogP contribution is -2.50. The number of piperazine rings is 1. The summed E-state index contributed by atoms with van der Waals surface area (Å²) in [4.78, 5) is 36.9. The maximum atomic E-state index is 13.3. The van der Waals surface area contributed by atoms with Gasteiger partial charge in [0.05, 0.1) is 11.4 Å². The topological polar surface area (TPSA) is 93.3 Å². The molecule has 2 N–H and O–H groups in total. The van der Waals surface area contributed by atoms with E-state index >= 15 is 0 Å². The molecule has 0 bridgehead atoms. The molecule has 1 amide bonds. The number of hydrogen-bond donors (Lipinski definition) is 2. The van der Waals surface area contributed by atoms with E-state index in [1.807, 2.05) is 53.4 Å². The van der Waals surface area contributed by atoms with E-state index in [2.05, 4.69) is 42.1 Å². The van der Waals surface area contributed by atoms with Crippen LogP contribution < -0.4 is 5.32 Å². The van der Waals surface area contributed by atoms with Gasteiger partial charge in [0.15, 0.2) is 0 Å². The van der Waals surface area contributed by atoms with Gasteiger partial charge in [-0.25, -0.2) is 9.97 Å². The molecule has 2 saturated heterocycles. The predicted octanol–water partition coefficient (Wildman–Crippen LogP) is 3.86. The number of benzene rings is 1. The summed E-state index contributed by atoms with van der Waals surface area (Å²) < 4.78 is 0. The zero-order valence-corrected chi connectivity index (χ0v) is 21.8. The minimum atomic E-state index is 0.0704. The number of hydrogen-bond acceptors (Lipinski definition) is 7. The van der Waals surface area contributed by atoms with Gasteiger partial charge in [-0.3, -0.25) is 14.7 Å². The number of likely N-dealkylation sites (tertiary alicyclic amines) is 1. The number of H-pyrrole nitrogens is 1. The molecule has 0 spiro atoms. The van der Waals surface area contributed by atoms with Gasteiger partial charge in [0.25, 0.3) is 5.91 Å². The Kier molecular flexibility index (Phi) is 7.02. The Morgan fingerprint density at radius 1 is 0.947 bits per heavy atom. The second kappa shape index (κ2) is 10.9. The Balaban J connectivity index is 1.08. The fourth-order valence-corrected chi connectivity index (χ4v) is 5.44. The van der Waals surface area contributed by atoms with Gasteiger partial charge in [0.1, 0.15) is 5.69 Å². The third-order valence-corrected chi connectivity index (χ3v) is 7.70. The summed E-state index contributed by atoms with van der Waals surface area (Å²) in [6, 6.07) is 15.5. The van der Waals surface area contributed by atoms with Crippen LogP contribution in [0.25, 0.3) is 22.3 Å².